The number of fused-ring (bicyclic) bond motifs is 1. The largest absolute Gasteiger partial charge is 0.492 e. The highest BCUT2D eigenvalue weighted by atomic mass is 35.5. The van der Waals surface area contributed by atoms with Crippen LogP contribution in [0.25, 0.3) is 0 Å². The maximum absolute atomic E-state index is 12.4. The molecule has 1 atom stereocenters. The summed E-state index contributed by atoms with van der Waals surface area (Å²) in [5.74, 6) is 1.42. The van der Waals surface area contributed by atoms with Gasteiger partial charge in [0, 0.05) is 24.0 Å². The van der Waals surface area contributed by atoms with Crippen molar-refractivity contribution in [3.8, 4) is 5.75 Å². The first-order valence-corrected chi connectivity index (χ1v) is 9.09. The van der Waals surface area contributed by atoms with Crippen LogP contribution in [0.1, 0.15) is 31.3 Å². The van der Waals surface area contributed by atoms with Crippen LogP contribution in [-0.2, 0) is 17.6 Å². The van der Waals surface area contributed by atoms with Gasteiger partial charge in [-0.05, 0) is 56.2 Å². The predicted octanol–water partition coefficient (Wildman–Crippen LogP) is 3.08. The lowest BCUT2D eigenvalue weighted by atomic mass is 9.96. The first-order chi connectivity index (χ1) is 12.0. The van der Waals surface area contributed by atoms with Gasteiger partial charge in [0.1, 0.15) is 18.2 Å². The molecule has 2 aromatic rings. The topological polar surface area (TPSA) is 71.9 Å². The van der Waals surface area contributed by atoms with Crippen molar-refractivity contribution < 1.29 is 9.53 Å². The van der Waals surface area contributed by atoms with Crippen molar-refractivity contribution in [3.05, 3.63) is 39.4 Å². The molecule has 0 fully saturated rings. The van der Waals surface area contributed by atoms with E-state index >= 15 is 0 Å². The molecule has 1 amide bonds. The average Bonchev–Trinajstić information content (AvgIpc) is 2.94. The number of nitrogens with one attached hydrogen (secondary N) is 2. The van der Waals surface area contributed by atoms with Gasteiger partial charge >= 0.3 is 0 Å². The van der Waals surface area contributed by atoms with E-state index in [1.807, 2.05) is 16.7 Å². The monoisotopic (exact) mass is 380 g/mol. The zero-order chi connectivity index (χ0) is 18.0. The van der Waals surface area contributed by atoms with E-state index in [1.165, 1.54) is 0 Å². The van der Waals surface area contributed by atoms with E-state index in [-0.39, 0.29) is 17.9 Å². The molecule has 1 aliphatic heterocycles. The van der Waals surface area contributed by atoms with Crippen molar-refractivity contribution in [3.63, 3.8) is 0 Å². The lowest BCUT2D eigenvalue weighted by molar-refractivity contribution is -0.126. The van der Waals surface area contributed by atoms with Gasteiger partial charge in [0.25, 0.3) is 0 Å². The van der Waals surface area contributed by atoms with Crippen LogP contribution in [0.2, 0.25) is 5.02 Å². The van der Waals surface area contributed by atoms with E-state index in [2.05, 4.69) is 29.4 Å². The molecule has 6 nitrogen and oxygen atoms in total. The fraction of sp³-hybridized carbons (Fsp3) is 0.471. The third-order valence-electron chi connectivity index (χ3n) is 4.24. The van der Waals surface area contributed by atoms with Gasteiger partial charge in [0.15, 0.2) is 4.77 Å². The van der Waals surface area contributed by atoms with Crippen molar-refractivity contribution in [1.29, 1.82) is 0 Å². The number of rotatable bonds is 5. The molecule has 1 aliphatic rings. The molecular weight excluding hydrogens is 360 g/mol. The minimum absolute atomic E-state index is 0.0177. The van der Waals surface area contributed by atoms with E-state index in [4.69, 9.17) is 28.6 Å². The van der Waals surface area contributed by atoms with Gasteiger partial charge < -0.3 is 14.6 Å². The average molecular weight is 381 g/mol. The van der Waals surface area contributed by atoms with Crippen LogP contribution in [0.4, 0.5) is 0 Å². The Hall–Kier alpha value is -1.86. The SMILES string of the molecule is CC(C)n1c(CCNC(=O)[C@H]2COc3ccc(Cl)cc3C2)n[nH]c1=S. The van der Waals surface area contributed by atoms with Gasteiger partial charge in [-0.1, -0.05) is 11.6 Å². The summed E-state index contributed by atoms with van der Waals surface area (Å²) in [6, 6.07) is 5.73. The Labute approximate surface area is 156 Å². The Kier molecular flexibility index (Phi) is 5.44. The van der Waals surface area contributed by atoms with Gasteiger partial charge in [-0.2, -0.15) is 5.10 Å². The molecule has 8 heteroatoms. The number of halogens is 1. The number of H-pyrrole nitrogens is 1. The van der Waals surface area contributed by atoms with Crippen molar-refractivity contribution >= 4 is 29.7 Å². The molecule has 0 bridgehead atoms. The minimum Gasteiger partial charge on any atom is -0.492 e. The third-order valence-corrected chi connectivity index (χ3v) is 4.76. The number of hydrogen-bond donors (Lipinski definition) is 2. The second kappa shape index (κ2) is 7.58. The summed E-state index contributed by atoms with van der Waals surface area (Å²) in [5.41, 5.74) is 0.972. The number of benzene rings is 1. The molecule has 0 saturated heterocycles. The quantitative estimate of drug-likeness (QED) is 0.782. The standard InChI is InChI=1S/C17H21ClN4O2S/c1-10(2)22-15(20-21-17(22)25)5-6-19-16(23)12-7-11-8-13(18)3-4-14(11)24-9-12/h3-4,8,10,12H,5-7,9H2,1-2H3,(H,19,23)(H,21,25)/t12-/m1/s1. The highest BCUT2D eigenvalue weighted by molar-refractivity contribution is 7.71. The summed E-state index contributed by atoms with van der Waals surface area (Å²) < 4.78 is 8.24. The highest BCUT2D eigenvalue weighted by Gasteiger charge is 2.26. The van der Waals surface area contributed by atoms with Gasteiger partial charge in [-0.25, -0.2) is 0 Å². The number of amides is 1. The smallest absolute Gasteiger partial charge is 0.226 e. The van der Waals surface area contributed by atoms with Gasteiger partial charge in [-0.3, -0.25) is 9.89 Å². The van der Waals surface area contributed by atoms with E-state index < -0.39 is 0 Å². The third kappa shape index (κ3) is 4.04. The molecule has 0 aliphatic carbocycles. The summed E-state index contributed by atoms with van der Waals surface area (Å²) in [6.07, 6.45) is 1.25. The Morgan fingerprint density at radius 1 is 1.56 bits per heavy atom. The lowest BCUT2D eigenvalue weighted by Crippen LogP contribution is -2.38. The Morgan fingerprint density at radius 2 is 2.36 bits per heavy atom. The molecular formula is C17H21ClN4O2S. The van der Waals surface area contributed by atoms with Gasteiger partial charge in [0.2, 0.25) is 5.91 Å². The number of ether oxygens (including phenoxy) is 1. The number of aromatic amines is 1. The summed E-state index contributed by atoms with van der Waals surface area (Å²) in [5, 5.41) is 10.7. The second-order valence-corrected chi connectivity index (χ2v) is 7.24. The van der Waals surface area contributed by atoms with Gasteiger partial charge in [0.05, 0.1) is 5.92 Å². The summed E-state index contributed by atoms with van der Waals surface area (Å²) in [7, 11) is 0. The van der Waals surface area contributed by atoms with E-state index in [0.29, 0.717) is 35.8 Å². The fourth-order valence-corrected chi connectivity index (χ4v) is 3.58. The first-order valence-electron chi connectivity index (χ1n) is 8.30. The lowest BCUT2D eigenvalue weighted by Gasteiger charge is -2.24. The van der Waals surface area contributed by atoms with Crippen LogP contribution in [-0.4, -0.2) is 33.8 Å². The molecule has 2 N–H and O–H groups in total. The molecule has 1 aromatic carbocycles. The minimum atomic E-state index is -0.211. The molecule has 1 aromatic heterocycles. The van der Waals surface area contributed by atoms with Crippen LogP contribution < -0.4 is 10.1 Å². The summed E-state index contributed by atoms with van der Waals surface area (Å²) in [6.45, 7) is 4.99. The first kappa shape index (κ1) is 17.9. The van der Waals surface area contributed by atoms with E-state index in [1.54, 1.807) is 6.07 Å². The van der Waals surface area contributed by atoms with Crippen molar-refractivity contribution in [2.24, 2.45) is 5.92 Å². The Bertz CT molecular complexity index is 830. The Balaban J connectivity index is 1.56. The zero-order valence-corrected chi connectivity index (χ0v) is 15.8. The van der Waals surface area contributed by atoms with Crippen LogP contribution >= 0.6 is 23.8 Å². The Morgan fingerprint density at radius 3 is 3.12 bits per heavy atom. The second-order valence-electron chi connectivity index (χ2n) is 6.41. The molecule has 2 heterocycles. The van der Waals surface area contributed by atoms with Crippen LogP contribution in [0.3, 0.4) is 0 Å². The number of hydrogen-bond acceptors (Lipinski definition) is 4. The highest BCUT2D eigenvalue weighted by Crippen LogP contribution is 2.29. The number of nitrogens with zero attached hydrogens (tertiary/aromatic N) is 2. The maximum Gasteiger partial charge on any atom is 0.226 e. The molecule has 0 radical (unpaired) electrons. The fourth-order valence-electron chi connectivity index (χ4n) is 3.02. The maximum atomic E-state index is 12.4. The summed E-state index contributed by atoms with van der Waals surface area (Å²) in [4.78, 5) is 12.4. The zero-order valence-electron chi connectivity index (χ0n) is 14.2. The van der Waals surface area contributed by atoms with Crippen molar-refractivity contribution in [2.45, 2.75) is 32.7 Å². The predicted molar refractivity (Wildman–Crippen MR) is 98.7 cm³/mol. The molecule has 0 spiro atoms. The molecule has 25 heavy (non-hydrogen) atoms. The van der Waals surface area contributed by atoms with Crippen LogP contribution in [0.5, 0.6) is 5.75 Å². The number of aromatic nitrogens is 3. The summed E-state index contributed by atoms with van der Waals surface area (Å²) >= 11 is 11.3. The van der Waals surface area contributed by atoms with E-state index in [9.17, 15) is 4.79 Å². The van der Waals surface area contributed by atoms with Crippen LogP contribution in [0, 0.1) is 10.7 Å². The number of carbonyl (C=O) groups is 1. The van der Waals surface area contributed by atoms with E-state index in [0.717, 1.165) is 17.1 Å². The molecule has 0 saturated carbocycles. The normalized spacial score (nSPS) is 16.4. The van der Waals surface area contributed by atoms with Crippen LogP contribution in [0.15, 0.2) is 18.2 Å². The van der Waals surface area contributed by atoms with Crippen molar-refractivity contribution in [1.82, 2.24) is 20.1 Å². The molecule has 134 valence electrons. The van der Waals surface area contributed by atoms with Gasteiger partial charge in [-0.15, -0.1) is 0 Å². The van der Waals surface area contributed by atoms with Crippen molar-refractivity contribution in [2.75, 3.05) is 13.2 Å². The number of carbonyl (C=O) groups excluding carboxylic acids is 1. The molecule has 0 unspecified atom stereocenters. The molecule has 3 rings (SSSR count).